The number of hydrogen-bond acceptors (Lipinski definition) is 0. The van der Waals surface area contributed by atoms with Crippen LogP contribution in [-0.2, 0) is 6.42 Å². The fraction of sp³-hybridized carbons (Fsp3) is 0.455. The van der Waals surface area contributed by atoms with Crippen LogP contribution >= 0.6 is 0 Å². The van der Waals surface area contributed by atoms with Crippen molar-refractivity contribution in [3.63, 3.8) is 0 Å². The third kappa shape index (κ3) is 2.60. The number of hydrogen-bond donors (Lipinski definition) is 0. The van der Waals surface area contributed by atoms with Crippen LogP contribution in [0.1, 0.15) is 61.2 Å². The molecule has 2 aromatic rings. The SMILES string of the molecule is Cc1cc(Cc2c(C)c(C)c(C)c(C)c2C)c(C)c(C)c1C. The van der Waals surface area contributed by atoms with Crippen molar-refractivity contribution in [1.29, 1.82) is 0 Å². The van der Waals surface area contributed by atoms with E-state index in [-0.39, 0.29) is 0 Å². The van der Waals surface area contributed by atoms with E-state index in [0.29, 0.717) is 0 Å². The monoisotopic (exact) mass is 294 g/mol. The topological polar surface area (TPSA) is 0 Å². The lowest BCUT2D eigenvalue weighted by Crippen LogP contribution is -2.06. The minimum atomic E-state index is 1.05. The Hall–Kier alpha value is -1.56. The molecule has 2 aromatic carbocycles. The molecule has 0 heterocycles. The zero-order chi connectivity index (χ0) is 16.8. The van der Waals surface area contributed by atoms with E-state index in [2.05, 4.69) is 68.4 Å². The molecule has 0 aromatic heterocycles. The molecule has 0 bridgehead atoms. The molecule has 0 saturated carbocycles. The third-order valence-corrected chi connectivity index (χ3v) is 6.11. The van der Waals surface area contributed by atoms with Gasteiger partial charge in [0.1, 0.15) is 0 Å². The lowest BCUT2D eigenvalue weighted by molar-refractivity contribution is 1.04. The molecule has 0 fully saturated rings. The third-order valence-electron chi connectivity index (χ3n) is 6.11. The van der Waals surface area contributed by atoms with E-state index in [1.807, 2.05) is 0 Å². The Kier molecular flexibility index (Phi) is 4.52. The smallest absolute Gasteiger partial charge is 0.00175 e. The molecule has 22 heavy (non-hydrogen) atoms. The molecule has 0 saturated heterocycles. The quantitative estimate of drug-likeness (QED) is 0.632. The Morgan fingerprint density at radius 2 is 0.909 bits per heavy atom. The summed E-state index contributed by atoms with van der Waals surface area (Å²) in [6.45, 7) is 20.3. The average molecular weight is 294 g/mol. The molecular weight excluding hydrogens is 264 g/mol. The molecule has 0 heteroatoms. The molecule has 0 aliphatic heterocycles. The molecule has 0 spiro atoms. The van der Waals surface area contributed by atoms with Crippen molar-refractivity contribution in [3.05, 3.63) is 67.3 Å². The van der Waals surface area contributed by atoms with Gasteiger partial charge in [0, 0.05) is 0 Å². The zero-order valence-electron chi connectivity index (χ0n) is 15.8. The zero-order valence-corrected chi connectivity index (χ0v) is 15.8. The highest BCUT2D eigenvalue weighted by Crippen LogP contribution is 2.30. The van der Waals surface area contributed by atoms with Gasteiger partial charge in [-0.15, -0.1) is 0 Å². The highest BCUT2D eigenvalue weighted by atomic mass is 14.2. The molecule has 0 unspecified atom stereocenters. The molecule has 0 atom stereocenters. The van der Waals surface area contributed by atoms with Crippen molar-refractivity contribution in [1.82, 2.24) is 0 Å². The van der Waals surface area contributed by atoms with Gasteiger partial charge in [0.25, 0.3) is 0 Å². The Balaban J connectivity index is 2.63. The van der Waals surface area contributed by atoms with Crippen LogP contribution in [0.25, 0.3) is 0 Å². The minimum absolute atomic E-state index is 1.05. The van der Waals surface area contributed by atoms with E-state index in [9.17, 15) is 0 Å². The van der Waals surface area contributed by atoms with Crippen LogP contribution in [0.5, 0.6) is 0 Å². The number of benzene rings is 2. The van der Waals surface area contributed by atoms with Gasteiger partial charge in [-0.1, -0.05) is 6.07 Å². The second kappa shape index (κ2) is 5.91. The van der Waals surface area contributed by atoms with Gasteiger partial charge in [-0.3, -0.25) is 0 Å². The fourth-order valence-electron chi connectivity index (χ4n) is 3.51. The molecule has 0 aliphatic rings. The van der Waals surface area contributed by atoms with Crippen molar-refractivity contribution in [2.24, 2.45) is 0 Å². The molecule has 0 aliphatic carbocycles. The fourth-order valence-corrected chi connectivity index (χ4v) is 3.51. The van der Waals surface area contributed by atoms with Crippen molar-refractivity contribution >= 4 is 0 Å². The van der Waals surface area contributed by atoms with Gasteiger partial charge in [-0.2, -0.15) is 0 Å². The molecular formula is C22H30. The Bertz CT molecular complexity index is 717. The minimum Gasteiger partial charge on any atom is -0.0552 e. The van der Waals surface area contributed by atoms with E-state index in [1.165, 1.54) is 61.2 Å². The first-order valence-electron chi connectivity index (χ1n) is 8.28. The van der Waals surface area contributed by atoms with E-state index in [1.54, 1.807) is 0 Å². The first-order valence-corrected chi connectivity index (χ1v) is 8.28. The first kappa shape index (κ1) is 16.8. The molecule has 118 valence electrons. The normalized spacial score (nSPS) is 11.1. The predicted molar refractivity (Wildman–Crippen MR) is 98.3 cm³/mol. The van der Waals surface area contributed by atoms with Crippen LogP contribution in [-0.4, -0.2) is 0 Å². The van der Waals surface area contributed by atoms with Gasteiger partial charge in [-0.25, -0.2) is 0 Å². The lowest BCUT2D eigenvalue weighted by Gasteiger charge is -2.21. The second-order valence-corrected chi connectivity index (χ2v) is 7.01. The van der Waals surface area contributed by atoms with Gasteiger partial charge >= 0.3 is 0 Å². The summed E-state index contributed by atoms with van der Waals surface area (Å²) in [5.74, 6) is 0. The van der Waals surface area contributed by atoms with Crippen LogP contribution in [0.4, 0.5) is 0 Å². The largest absolute Gasteiger partial charge is 0.0552 e. The lowest BCUT2D eigenvalue weighted by atomic mass is 9.84. The summed E-state index contributed by atoms with van der Waals surface area (Å²) in [4.78, 5) is 0. The van der Waals surface area contributed by atoms with Gasteiger partial charge in [0.05, 0.1) is 0 Å². The summed E-state index contributed by atoms with van der Waals surface area (Å²) < 4.78 is 0. The summed E-state index contributed by atoms with van der Waals surface area (Å²) in [5, 5.41) is 0. The van der Waals surface area contributed by atoms with Crippen LogP contribution in [0, 0.1) is 62.3 Å². The summed E-state index contributed by atoms with van der Waals surface area (Å²) in [6, 6.07) is 2.39. The van der Waals surface area contributed by atoms with E-state index in [0.717, 1.165) is 6.42 Å². The summed E-state index contributed by atoms with van der Waals surface area (Å²) in [7, 11) is 0. The van der Waals surface area contributed by atoms with Crippen LogP contribution < -0.4 is 0 Å². The second-order valence-electron chi connectivity index (χ2n) is 7.01. The van der Waals surface area contributed by atoms with Gasteiger partial charge in [0.2, 0.25) is 0 Å². The van der Waals surface area contributed by atoms with Gasteiger partial charge in [-0.05, 0) is 130 Å². The standard InChI is InChI=1S/C22H30/c1-12-10-21(18(7)14(3)13(12)2)11-22-19(8)16(5)15(4)17(6)20(22)9/h10H,11H2,1-9H3. The molecule has 0 nitrogen and oxygen atoms in total. The van der Waals surface area contributed by atoms with Crippen LogP contribution in [0.3, 0.4) is 0 Å². The number of rotatable bonds is 2. The van der Waals surface area contributed by atoms with Crippen molar-refractivity contribution < 1.29 is 0 Å². The van der Waals surface area contributed by atoms with Crippen molar-refractivity contribution in [3.8, 4) is 0 Å². The molecule has 0 N–H and O–H groups in total. The van der Waals surface area contributed by atoms with Crippen LogP contribution in [0.2, 0.25) is 0 Å². The van der Waals surface area contributed by atoms with E-state index >= 15 is 0 Å². The van der Waals surface area contributed by atoms with Crippen molar-refractivity contribution in [2.45, 2.75) is 68.7 Å². The summed E-state index contributed by atoms with van der Waals surface area (Å²) in [6.07, 6.45) is 1.05. The maximum absolute atomic E-state index is 2.39. The van der Waals surface area contributed by atoms with Crippen molar-refractivity contribution in [2.75, 3.05) is 0 Å². The first-order chi connectivity index (χ1) is 10.2. The summed E-state index contributed by atoms with van der Waals surface area (Å²) in [5.41, 5.74) is 16.1. The maximum Gasteiger partial charge on any atom is -0.00175 e. The average Bonchev–Trinajstić information content (AvgIpc) is 2.50. The van der Waals surface area contributed by atoms with E-state index in [4.69, 9.17) is 0 Å². The van der Waals surface area contributed by atoms with Gasteiger partial charge < -0.3 is 0 Å². The predicted octanol–water partition coefficient (Wildman–Crippen LogP) is 6.05. The van der Waals surface area contributed by atoms with Crippen LogP contribution in [0.15, 0.2) is 6.07 Å². The Morgan fingerprint density at radius 3 is 1.41 bits per heavy atom. The molecule has 0 radical (unpaired) electrons. The highest BCUT2D eigenvalue weighted by Gasteiger charge is 2.15. The number of aryl methyl sites for hydroxylation is 1. The Labute approximate surface area is 136 Å². The summed E-state index contributed by atoms with van der Waals surface area (Å²) >= 11 is 0. The van der Waals surface area contributed by atoms with E-state index < -0.39 is 0 Å². The van der Waals surface area contributed by atoms with Gasteiger partial charge in [0.15, 0.2) is 0 Å². The Morgan fingerprint density at radius 1 is 0.500 bits per heavy atom. The maximum atomic E-state index is 2.39. The molecule has 0 amide bonds. The molecule has 2 rings (SSSR count). The highest BCUT2D eigenvalue weighted by molar-refractivity contribution is 5.53.